The van der Waals surface area contributed by atoms with Crippen LogP contribution in [0.5, 0.6) is 0 Å². The highest BCUT2D eigenvalue weighted by atomic mass is 79.9. The van der Waals surface area contributed by atoms with Gasteiger partial charge in [-0.25, -0.2) is 9.97 Å². The lowest BCUT2D eigenvalue weighted by atomic mass is 9.89. The van der Waals surface area contributed by atoms with Gasteiger partial charge in [-0.2, -0.15) is 0 Å². The van der Waals surface area contributed by atoms with E-state index < -0.39 is 0 Å². The molecule has 2 heterocycles. The van der Waals surface area contributed by atoms with Crippen molar-refractivity contribution in [2.24, 2.45) is 5.92 Å². The highest BCUT2D eigenvalue weighted by molar-refractivity contribution is 9.10. The molecular weight excluding hydrogens is 338 g/mol. The van der Waals surface area contributed by atoms with Crippen LogP contribution in [0, 0.1) is 5.92 Å². The van der Waals surface area contributed by atoms with Gasteiger partial charge in [0.1, 0.15) is 11.3 Å². The number of imidazole rings is 1. The molecule has 1 saturated carbocycles. The summed E-state index contributed by atoms with van der Waals surface area (Å²) in [5.41, 5.74) is 1.89. The number of nitrogens with zero attached hydrogens (tertiary/aromatic N) is 3. The van der Waals surface area contributed by atoms with Crippen molar-refractivity contribution in [3.63, 3.8) is 0 Å². The van der Waals surface area contributed by atoms with Crippen molar-refractivity contribution in [1.29, 1.82) is 0 Å². The Balaban J connectivity index is 1.99. The van der Waals surface area contributed by atoms with Crippen molar-refractivity contribution >= 4 is 38.7 Å². The van der Waals surface area contributed by atoms with Gasteiger partial charge in [0.15, 0.2) is 5.65 Å². The molecule has 0 amide bonds. The molecule has 0 N–H and O–H groups in total. The predicted molar refractivity (Wildman–Crippen MR) is 86.1 cm³/mol. The summed E-state index contributed by atoms with van der Waals surface area (Å²) < 4.78 is 3.19. The minimum absolute atomic E-state index is 0.0911. The Morgan fingerprint density at radius 3 is 2.85 bits per heavy atom. The molecule has 1 aliphatic rings. The van der Waals surface area contributed by atoms with Crippen LogP contribution in [0.2, 0.25) is 0 Å². The minimum atomic E-state index is -0.0911. The molecular formula is C15H19BrClN3. The number of hydrogen-bond donors (Lipinski definition) is 0. The number of aromatic nitrogens is 3. The summed E-state index contributed by atoms with van der Waals surface area (Å²) >= 11 is 9.77. The monoisotopic (exact) mass is 355 g/mol. The fraction of sp³-hybridized carbons (Fsp3) is 0.600. The average Bonchev–Trinajstić information content (AvgIpc) is 2.78. The van der Waals surface area contributed by atoms with E-state index in [-0.39, 0.29) is 5.38 Å². The van der Waals surface area contributed by atoms with Crippen LogP contribution in [-0.2, 0) is 6.54 Å². The van der Waals surface area contributed by atoms with Gasteiger partial charge in [0.25, 0.3) is 0 Å². The zero-order valence-corrected chi connectivity index (χ0v) is 14.0. The second-order valence-corrected chi connectivity index (χ2v) is 7.27. The van der Waals surface area contributed by atoms with Crippen LogP contribution >= 0.6 is 27.5 Å². The number of alkyl halides is 1. The summed E-state index contributed by atoms with van der Waals surface area (Å²) in [5.74, 6) is 1.68. The van der Waals surface area contributed by atoms with E-state index in [4.69, 9.17) is 11.6 Å². The molecule has 3 rings (SSSR count). The number of pyridine rings is 1. The molecule has 1 fully saturated rings. The fourth-order valence-electron chi connectivity index (χ4n) is 3.12. The van der Waals surface area contributed by atoms with E-state index in [1.807, 2.05) is 19.2 Å². The summed E-state index contributed by atoms with van der Waals surface area (Å²) in [4.78, 5) is 9.22. The lowest BCUT2D eigenvalue weighted by Crippen LogP contribution is -2.16. The van der Waals surface area contributed by atoms with Crippen molar-refractivity contribution in [3.8, 4) is 0 Å². The molecule has 0 radical (unpaired) electrons. The number of halogens is 2. The van der Waals surface area contributed by atoms with Gasteiger partial charge < -0.3 is 4.57 Å². The van der Waals surface area contributed by atoms with Crippen LogP contribution in [-0.4, -0.2) is 14.5 Å². The molecule has 0 spiro atoms. The number of fused-ring (bicyclic) bond motifs is 1. The minimum Gasteiger partial charge on any atom is -0.311 e. The SMILES string of the molecule is CC(Cl)c1nc2cc(Br)cnc2n1CC1CCCCC1. The third-order valence-corrected chi connectivity index (χ3v) is 4.73. The van der Waals surface area contributed by atoms with E-state index in [2.05, 4.69) is 30.5 Å². The van der Waals surface area contributed by atoms with Gasteiger partial charge in [-0.15, -0.1) is 11.6 Å². The highest BCUT2D eigenvalue weighted by Gasteiger charge is 2.20. The van der Waals surface area contributed by atoms with Crippen LogP contribution in [0.25, 0.3) is 11.2 Å². The molecule has 0 aromatic carbocycles. The van der Waals surface area contributed by atoms with Crippen molar-refractivity contribution in [2.45, 2.75) is 50.9 Å². The Hall–Kier alpha value is -0.610. The van der Waals surface area contributed by atoms with E-state index in [9.17, 15) is 0 Å². The standard InChI is InChI=1S/C15H19BrClN3/c1-10(17)14-19-13-7-12(16)8-18-15(13)20(14)9-11-5-3-2-4-6-11/h7-8,10-11H,2-6,9H2,1H3. The first-order valence-electron chi connectivity index (χ1n) is 7.31. The predicted octanol–water partition coefficient (Wildman–Crippen LogP) is 5.07. The Bertz CT molecular complexity index is 602. The Morgan fingerprint density at radius 2 is 2.15 bits per heavy atom. The molecule has 0 saturated heterocycles. The topological polar surface area (TPSA) is 30.7 Å². The summed E-state index contributed by atoms with van der Waals surface area (Å²) in [6, 6.07) is 2.02. The van der Waals surface area contributed by atoms with Gasteiger partial charge in [-0.05, 0) is 47.7 Å². The molecule has 2 aromatic rings. The summed E-state index contributed by atoms with van der Waals surface area (Å²) in [6.07, 6.45) is 8.54. The molecule has 1 atom stereocenters. The zero-order chi connectivity index (χ0) is 14.1. The maximum atomic E-state index is 6.31. The smallest absolute Gasteiger partial charge is 0.160 e. The van der Waals surface area contributed by atoms with Crippen LogP contribution in [0.4, 0.5) is 0 Å². The molecule has 3 nitrogen and oxygen atoms in total. The van der Waals surface area contributed by atoms with Crippen molar-refractivity contribution in [2.75, 3.05) is 0 Å². The van der Waals surface area contributed by atoms with Gasteiger partial charge in [0.2, 0.25) is 0 Å². The molecule has 1 aliphatic carbocycles. The first kappa shape index (κ1) is 14.3. The summed E-state index contributed by atoms with van der Waals surface area (Å²) in [7, 11) is 0. The van der Waals surface area contributed by atoms with E-state index in [0.29, 0.717) is 0 Å². The van der Waals surface area contributed by atoms with Gasteiger partial charge in [-0.3, -0.25) is 0 Å². The van der Waals surface area contributed by atoms with Crippen molar-refractivity contribution in [1.82, 2.24) is 14.5 Å². The Labute approximate surface area is 132 Å². The van der Waals surface area contributed by atoms with E-state index in [1.165, 1.54) is 32.1 Å². The van der Waals surface area contributed by atoms with Crippen LogP contribution in [0.1, 0.15) is 50.2 Å². The third kappa shape index (κ3) is 2.86. The third-order valence-electron chi connectivity index (χ3n) is 4.10. The van der Waals surface area contributed by atoms with Gasteiger partial charge in [0.05, 0.1) is 5.38 Å². The molecule has 108 valence electrons. The van der Waals surface area contributed by atoms with Gasteiger partial charge in [0, 0.05) is 17.2 Å². The molecule has 0 bridgehead atoms. The second-order valence-electron chi connectivity index (χ2n) is 5.70. The van der Waals surface area contributed by atoms with Crippen molar-refractivity contribution in [3.05, 3.63) is 22.6 Å². The van der Waals surface area contributed by atoms with Gasteiger partial charge >= 0.3 is 0 Å². The summed E-state index contributed by atoms with van der Waals surface area (Å²) in [6.45, 7) is 2.98. The fourth-order valence-corrected chi connectivity index (χ4v) is 3.60. The first-order chi connectivity index (χ1) is 9.65. The van der Waals surface area contributed by atoms with E-state index in [0.717, 1.165) is 33.9 Å². The van der Waals surface area contributed by atoms with Gasteiger partial charge in [-0.1, -0.05) is 19.3 Å². The number of rotatable bonds is 3. The number of hydrogen-bond acceptors (Lipinski definition) is 2. The Kier molecular flexibility index (Phi) is 4.32. The first-order valence-corrected chi connectivity index (χ1v) is 8.54. The highest BCUT2D eigenvalue weighted by Crippen LogP contribution is 2.30. The maximum Gasteiger partial charge on any atom is 0.160 e. The largest absolute Gasteiger partial charge is 0.311 e. The van der Waals surface area contributed by atoms with Crippen LogP contribution in [0.3, 0.4) is 0 Å². The van der Waals surface area contributed by atoms with E-state index >= 15 is 0 Å². The normalized spacial score (nSPS) is 18.6. The molecule has 20 heavy (non-hydrogen) atoms. The molecule has 0 aliphatic heterocycles. The zero-order valence-electron chi connectivity index (χ0n) is 11.6. The Morgan fingerprint density at radius 1 is 1.40 bits per heavy atom. The quantitative estimate of drug-likeness (QED) is 0.718. The van der Waals surface area contributed by atoms with Crippen molar-refractivity contribution < 1.29 is 0 Å². The van der Waals surface area contributed by atoms with E-state index in [1.54, 1.807) is 0 Å². The lowest BCUT2D eigenvalue weighted by Gasteiger charge is -2.23. The van der Waals surface area contributed by atoms with Crippen LogP contribution < -0.4 is 0 Å². The van der Waals surface area contributed by atoms with Crippen LogP contribution in [0.15, 0.2) is 16.7 Å². The lowest BCUT2D eigenvalue weighted by molar-refractivity contribution is 0.318. The second kappa shape index (κ2) is 6.02. The molecule has 5 heteroatoms. The molecule has 1 unspecified atom stereocenters. The summed E-state index contributed by atoms with van der Waals surface area (Å²) in [5, 5.41) is -0.0911. The maximum absolute atomic E-state index is 6.31. The average molecular weight is 357 g/mol. The molecule has 2 aromatic heterocycles.